The van der Waals surface area contributed by atoms with E-state index < -0.39 is 0 Å². The minimum absolute atomic E-state index is 0.208. The number of amides is 2. The zero-order chi connectivity index (χ0) is 26.6. The van der Waals surface area contributed by atoms with Crippen LogP contribution in [0.2, 0.25) is 5.02 Å². The van der Waals surface area contributed by atoms with Crippen molar-refractivity contribution in [2.24, 2.45) is 5.10 Å². The molecule has 1 N–H and O–H groups in total. The van der Waals surface area contributed by atoms with Crippen molar-refractivity contribution in [2.45, 2.75) is 25.7 Å². The van der Waals surface area contributed by atoms with Gasteiger partial charge in [0.05, 0.1) is 12.3 Å². The van der Waals surface area contributed by atoms with Crippen LogP contribution in [0.3, 0.4) is 0 Å². The molecule has 0 bridgehead atoms. The number of rotatable bonds is 6. The van der Waals surface area contributed by atoms with E-state index in [-0.39, 0.29) is 17.8 Å². The fourth-order valence-corrected chi connectivity index (χ4v) is 4.44. The fourth-order valence-electron chi connectivity index (χ4n) is 4.32. The van der Waals surface area contributed by atoms with E-state index in [1.807, 2.05) is 24.3 Å². The molecule has 1 atom stereocenters. The first-order valence-corrected chi connectivity index (χ1v) is 12.8. The van der Waals surface area contributed by atoms with Crippen molar-refractivity contribution >= 4 is 29.0 Å². The van der Waals surface area contributed by atoms with Crippen LogP contribution in [0.5, 0.6) is 11.5 Å². The molecular weight excluding hydrogens is 501 g/mol. The molecule has 0 saturated heterocycles. The van der Waals surface area contributed by atoms with Gasteiger partial charge in [-0.2, -0.15) is 5.10 Å². The van der Waals surface area contributed by atoms with Crippen LogP contribution >= 0.6 is 11.6 Å². The Balaban J connectivity index is 1.29. The topological polar surface area (TPSA) is 53.9 Å². The highest BCUT2D eigenvalue weighted by molar-refractivity contribution is 6.30. The summed E-state index contributed by atoms with van der Waals surface area (Å²) < 4.78 is 19.5. The molecule has 0 aromatic heterocycles. The summed E-state index contributed by atoms with van der Waals surface area (Å²) in [6, 6.07) is 28.4. The summed E-state index contributed by atoms with van der Waals surface area (Å²) in [5, 5.41) is 9.55. The van der Waals surface area contributed by atoms with Gasteiger partial charge in [-0.15, -0.1) is 0 Å². The molecule has 0 fully saturated rings. The summed E-state index contributed by atoms with van der Waals surface area (Å²) >= 11 is 6.07. The van der Waals surface area contributed by atoms with Gasteiger partial charge in [0.15, 0.2) is 0 Å². The lowest BCUT2D eigenvalue weighted by atomic mass is 9.90. The number of hydrogen-bond donors (Lipinski definition) is 1. The van der Waals surface area contributed by atoms with Gasteiger partial charge < -0.3 is 10.1 Å². The molecule has 5 rings (SSSR count). The number of hydrazone groups is 1. The van der Waals surface area contributed by atoms with Gasteiger partial charge in [-0.05, 0) is 83.3 Å². The van der Waals surface area contributed by atoms with Crippen LogP contribution in [0.1, 0.15) is 42.4 Å². The molecule has 0 saturated carbocycles. The summed E-state index contributed by atoms with van der Waals surface area (Å²) in [7, 11) is 0. The van der Waals surface area contributed by atoms with E-state index in [9.17, 15) is 9.18 Å². The highest BCUT2D eigenvalue weighted by Gasteiger charge is 2.32. The summed E-state index contributed by atoms with van der Waals surface area (Å²) in [6.45, 7) is 4.62. The standard InChI is InChI=1S/C31H27ClFN3O2/c1-20(2)21-7-15-27(16-8-21)38-28-17-13-26(14-18-28)34-31(37)36-19-29(22-5-11-25(33)12-6-22)30(35-36)23-3-9-24(32)10-4-23/h3-18,20,29H,19H2,1-2H3,(H,34,37). The smallest absolute Gasteiger partial charge is 0.342 e. The molecule has 0 aliphatic carbocycles. The number of carbonyl (C=O) groups excluding carboxylic acids is 1. The number of nitrogens with one attached hydrogen (secondary N) is 1. The van der Waals surface area contributed by atoms with Gasteiger partial charge >= 0.3 is 6.03 Å². The van der Waals surface area contributed by atoms with E-state index in [1.54, 1.807) is 48.5 Å². The number of nitrogens with zero attached hydrogens (tertiary/aromatic N) is 2. The predicted octanol–water partition coefficient (Wildman–Crippen LogP) is 8.43. The molecular formula is C31H27ClFN3O2. The van der Waals surface area contributed by atoms with Crippen LogP contribution in [0, 0.1) is 5.82 Å². The Hall–Kier alpha value is -4.16. The molecule has 1 unspecified atom stereocenters. The Morgan fingerprint density at radius 2 is 1.53 bits per heavy atom. The second-order valence-electron chi connectivity index (χ2n) is 9.46. The average Bonchev–Trinajstić information content (AvgIpc) is 3.37. The summed E-state index contributed by atoms with van der Waals surface area (Å²) in [5.74, 6) is 1.35. The highest BCUT2D eigenvalue weighted by Crippen LogP contribution is 2.30. The van der Waals surface area contributed by atoms with Crippen LogP contribution in [-0.4, -0.2) is 23.3 Å². The van der Waals surface area contributed by atoms with Crippen molar-refractivity contribution in [3.63, 3.8) is 0 Å². The van der Waals surface area contributed by atoms with Crippen molar-refractivity contribution in [1.29, 1.82) is 0 Å². The summed E-state index contributed by atoms with van der Waals surface area (Å²) in [5.41, 5.74) is 4.31. The third kappa shape index (κ3) is 5.87. The summed E-state index contributed by atoms with van der Waals surface area (Å²) in [6.07, 6.45) is 0. The number of anilines is 1. The Kier molecular flexibility index (Phi) is 7.43. The molecule has 4 aromatic rings. The van der Waals surface area contributed by atoms with Crippen LogP contribution in [-0.2, 0) is 0 Å². The quantitative estimate of drug-likeness (QED) is 0.273. The van der Waals surface area contributed by atoms with Gasteiger partial charge in [-0.1, -0.05) is 61.8 Å². The molecule has 4 aromatic carbocycles. The average molecular weight is 528 g/mol. The maximum Gasteiger partial charge on any atom is 0.342 e. The van der Waals surface area contributed by atoms with Crippen molar-refractivity contribution in [3.8, 4) is 11.5 Å². The monoisotopic (exact) mass is 527 g/mol. The van der Waals surface area contributed by atoms with E-state index in [4.69, 9.17) is 16.3 Å². The molecule has 0 spiro atoms. The second kappa shape index (κ2) is 11.1. The zero-order valence-electron chi connectivity index (χ0n) is 21.1. The Morgan fingerprint density at radius 1 is 0.921 bits per heavy atom. The van der Waals surface area contributed by atoms with Crippen molar-refractivity contribution in [1.82, 2.24) is 5.01 Å². The molecule has 5 nitrogen and oxygen atoms in total. The number of urea groups is 1. The third-order valence-electron chi connectivity index (χ3n) is 6.45. The lowest BCUT2D eigenvalue weighted by Gasteiger charge is -2.16. The third-order valence-corrected chi connectivity index (χ3v) is 6.70. The molecule has 192 valence electrons. The van der Waals surface area contributed by atoms with Gasteiger partial charge in [0, 0.05) is 16.6 Å². The van der Waals surface area contributed by atoms with Gasteiger partial charge in [0.2, 0.25) is 0 Å². The second-order valence-corrected chi connectivity index (χ2v) is 9.90. The number of carbonyl (C=O) groups is 1. The van der Waals surface area contributed by atoms with Crippen molar-refractivity contribution < 1.29 is 13.9 Å². The largest absolute Gasteiger partial charge is 0.457 e. The first-order chi connectivity index (χ1) is 18.4. The van der Waals surface area contributed by atoms with Crippen molar-refractivity contribution in [3.05, 3.63) is 125 Å². The molecule has 2 amide bonds. The molecule has 1 aliphatic rings. The maximum atomic E-state index is 13.6. The first-order valence-electron chi connectivity index (χ1n) is 12.4. The Labute approximate surface area is 226 Å². The fraction of sp³-hybridized carbons (Fsp3) is 0.161. The molecule has 38 heavy (non-hydrogen) atoms. The van der Waals surface area contributed by atoms with Crippen LogP contribution in [0.15, 0.2) is 102 Å². The van der Waals surface area contributed by atoms with Crippen LogP contribution < -0.4 is 10.1 Å². The van der Waals surface area contributed by atoms with Gasteiger partial charge in [0.1, 0.15) is 17.3 Å². The van der Waals surface area contributed by atoms with Gasteiger partial charge in [-0.25, -0.2) is 14.2 Å². The lowest BCUT2D eigenvalue weighted by molar-refractivity contribution is 0.218. The van der Waals surface area contributed by atoms with E-state index in [0.717, 1.165) is 22.6 Å². The van der Waals surface area contributed by atoms with E-state index in [2.05, 4.69) is 36.4 Å². The number of ether oxygens (including phenoxy) is 1. The van der Waals surface area contributed by atoms with E-state index >= 15 is 0 Å². The molecule has 0 radical (unpaired) electrons. The highest BCUT2D eigenvalue weighted by atomic mass is 35.5. The molecule has 1 heterocycles. The minimum Gasteiger partial charge on any atom is -0.457 e. The number of hydrogen-bond acceptors (Lipinski definition) is 3. The van der Waals surface area contributed by atoms with Crippen molar-refractivity contribution in [2.75, 3.05) is 11.9 Å². The predicted molar refractivity (Wildman–Crippen MR) is 150 cm³/mol. The zero-order valence-corrected chi connectivity index (χ0v) is 21.8. The SMILES string of the molecule is CC(C)c1ccc(Oc2ccc(NC(=O)N3CC(c4ccc(F)cc4)C(c4ccc(Cl)cc4)=N3)cc2)cc1. The Bertz CT molecular complexity index is 1430. The number of benzene rings is 4. The molecule has 7 heteroatoms. The normalized spacial score (nSPS) is 14.9. The van der Waals surface area contributed by atoms with Gasteiger partial charge in [-0.3, -0.25) is 0 Å². The first kappa shape index (κ1) is 25.5. The van der Waals surface area contributed by atoms with Crippen LogP contribution in [0.4, 0.5) is 14.9 Å². The minimum atomic E-state index is -0.362. The van der Waals surface area contributed by atoms with Crippen LogP contribution in [0.25, 0.3) is 0 Å². The lowest BCUT2D eigenvalue weighted by Crippen LogP contribution is -2.30. The van der Waals surface area contributed by atoms with E-state index in [1.165, 1.54) is 22.7 Å². The maximum absolute atomic E-state index is 13.6. The van der Waals surface area contributed by atoms with E-state index in [0.29, 0.717) is 28.9 Å². The summed E-state index contributed by atoms with van der Waals surface area (Å²) in [4.78, 5) is 13.1. The number of halogens is 2. The van der Waals surface area contributed by atoms with Gasteiger partial charge in [0.25, 0.3) is 0 Å². The Morgan fingerprint density at radius 3 is 2.13 bits per heavy atom. The molecule has 1 aliphatic heterocycles.